The number of ether oxygens (including phenoxy) is 1. The van der Waals surface area contributed by atoms with E-state index in [-0.39, 0.29) is 0 Å². The quantitative estimate of drug-likeness (QED) is 0.922. The molecule has 0 aliphatic carbocycles. The van der Waals surface area contributed by atoms with Crippen LogP contribution in [0.4, 0.5) is 19.0 Å². The van der Waals surface area contributed by atoms with Gasteiger partial charge in [0.1, 0.15) is 5.82 Å². The second-order valence-corrected chi connectivity index (χ2v) is 5.25. The van der Waals surface area contributed by atoms with Crippen LogP contribution in [0.1, 0.15) is 17.2 Å². The number of nitrogens with zero attached hydrogens (tertiary/aromatic N) is 2. The number of anilines is 1. The minimum Gasteiger partial charge on any atom is -0.377 e. The van der Waals surface area contributed by atoms with E-state index in [1.807, 2.05) is 16.9 Å². The molecule has 7 heteroatoms. The van der Waals surface area contributed by atoms with Crippen LogP contribution in [0.2, 0.25) is 0 Å². The third kappa shape index (κ3) is 3.41. The normalized spacial score (nSPS) is 15.6. The Bertz CT molecular complexity index is 635. The first-order valence-electron chi connectivity index (χ1n) is 7.05. The molecule has 4 nitrogen and oxygen atoms in total. The third-order valence-electron chi connectivity index (χ3n) is 3.58. The largest absolute Gasteiger partial charge is 0.416 e. The van der Waals surface area contributed by atoms with Crippen LogP contribution in [0.3, 0.4) is 0 Å². The summed E-state index contributed by atoms with van der Waals surface area (Å²) in [5.74, 6) is 0.721. The van der Waals surface area contributed by atoms with E-state index in [2.05, 4.69) is 10.4 Å². The predicted molar refractivity (Wildman–Crippen MR) is 75.7 cm³/mol. The number of hydrogen-bond acceptors (Lipinski definition) is 3. The van der Waals surface area contributed by atoms with Gasteiger partial charge >= 0.3 is 6.18 Å². The number of hydrogen-bond donors (Lipinski definition) is 1. The molecule has 0 radical (unpaired) electrons. The Hall–Kier alpha value is -2.02. The molecule has 1 aromatic carbocycles. The molecular formula is C15H16F3N3O. The van der Waals surface area contributed by atoms with Crippen molar-refractivity contribution in [3.63, 3.8) is 0 Å². The number of aromatic nitrogens is 2. The predicted octanol–water partition coefficient (Wildman–Crippen LogP) is 3.13. The van der Waals surface area contributed by atoms with Crippen molar-refractivity contribution in [3.05, 3.63) is 47.7 Å². The Kier molecular flexibility index (Phi) is 4.06. The second kappa shape index (κ2) is 6.00. The number of benzene rings is 1. The zero-order valence-corrected chi connectivity index (χ0v) is 11.8. The van der Waals surface area contributed by atoms with Crippen LogP contribution in [0.15, 0.2) is 36.5 Å². The van der Waals surface area contributed by atoms with Gasteiger partial charge in [0.05, 0.1) is 24.8 Å². The molecule has 3 rings (SSSR count). The average molecular weight is 311 g/mol. The summed E-state index contributed by atoms with van der Waals surface area (Å²) in [6.07, 6.45) is -1.92. The van der Waals surface area contributed by atoms with Gasteiger partial charge in [0.25, 0.3) is 0 Å². The molecule has 2 aromatic rings. The Morgan fingerprint density at radius 1 is 1.27 bits per heavy atom. The first-order valence-corrected chi connectivity index (χ1v) is 7.05. The van der Waals surface area contributed by atoms with Gasteiger partial charge in [-0.2, -0.15) is 18.3 Å². The molecule has 0 spiro atoms. The van der Waals surface area contributed by atoms with Gasteiger partial charge in [-0.1, -0.05) is 18.2 Å². The summed E-state index contributed by atoms with van der Waals surface area (Å²) < 4.78 is 44.8. The Morgan fingerprint density at radius 2 is 2.09 bits per heavy atom. The molecule has 1 fully saturated rings. The van der Waals surface area contributed by atoms with Crippen LogP contribution in [0, 0.1) is 0 Å². The maximum Gasteiger partial charge on any atom is 0.416 e. The smallest absolute Gasteiger partial charge is 0.377 e. The molecule has 0 unspecified atom stereocenters. The van der Waals surface area contributed by atoms with Gasteiger partial charge in [0, 0.05) is 18.8 Å². The molecular weight excluding hydrogens is 295 g/mol. The summed E-state index contributed by atoms with van der Waals surface area (Å²) in [5, 5.41) is 7.49. The number of nitrogens with one attached hydrogen (secondary N) is 1. The fourth-order valence-electron chi connectivity index (χ4n) is 2.25. The highest BCUT2D eigenvalue weighted by Gasteiger charge is 2.30. The summed E-state index contributed by atoms with van der Waals surface area (Å²) in [4.78, 5) is 0. The highest BCUT2D eigenvalue weighted by Crippen LogP contribution is 2.29. The molecule has 0 saturated carbocycles. The van der Waals surface area contributed by atoms with Crippen molar-refractivity contribution in [3.8, 4) is 0 Å². The van der Waals surface area contributed by atoms with Crippen LogP contribution in [0.5, 0.6) is 0 Å². The van der Waals surface area contributed by atoms with Crippen molar-refractivity contribution in [1.82, 2.24) is 9.78 Å². The van der Waals surface area contributed by atoms with Gasteiger partial charge in [0.2, 0.25) is 0 Å². The van der Waals surface area contributed by atoms with E-state index in [0.717, 1.165) is 11.9 Å². The number of rotatable bonds is 5. The van der Waals surface area contributed by atoms with E-state index < -0.39 is 11.7 Å². The van der Waals surface area contributed by atoms with Gasteiger partial charge in [0.15, 0.2) is 0 Å². The first-order chi connectivity index (χ1) is 10.5. The van der Waals surface area contributed by atoms with Crippen molar-refractivity contribution in [2.45, 2.75) is 18.6 Å². The van der Waals surface area contributed by atoms with Gasteiger partial charge in [-0.25, -0.2) is 0 Å². The lowest BCUT2D eigenvalue weighted by molar-refractivity contribution is -0.137. The minimum atomic E-state index is -4.30. The number of alkyl halides is 3. The van der Waals surface area contributed by atoms with Crippen LogP contribution >= 0.6 is 0 Å². The zero-order chi connectivity index (χ0) is 15.6. The molecule has 1 N–H and O–H groups in total. The maximum absolute atomic E-state index is 12.6. The molecule has 22 heavy (non-hydrogen) atoms. The van der Waals surface area contributed by atoms with E-state index in [4.69, 9.17) is 4.74 Å². The SMILES string of the molecule is FC(F)(F)c1cccc(CCNc2ccn(C3COC3)n2)c1. The lowest BCUT2D eigenvalue weighted by atomic mass is 10.1. The van der Waals surface area contributed by atoms with Crippen molar-refractivity contribution < 1.29 is 17.9 Å². The molecule has 0 atom stereocenters. The lowest BCUT2D eigenvalue weighted by Crippen LogP contribution is -2.30. The molecule has 1 aliphatic rings. The number of halogens is 3. The van der Waals surface area contributed by atoms with Crippen molar-refractivity contribution in [1.29, 1.82) is 0 Å². The van der Waals surface area contributed by atoms with E-state index in [9.17, 15) is 13.2 Å². The molecule has 1 aliphatic heterocycles. The fourth-order valence-corrected chi connectivity index (χ4v) is 2.25. The molecule has 2 heterocycles. The van der Waals surface area contributed by atoms with E-state index >= 15 is 0 Å². The van der Waals surface area contributed by atoms with Gasteiger partial charge in [-0.3, -0.25) is 4.68 Å². The van der Waals surface area contributed by atoms with E-state index in [0.29, 0.717) is 37.8 Å². The lowest BCUT2D eigenvalue weighted by Gasteiger charge is -2.25. The van der Waals surface area contributed by atoms with Gasteiger partial charge < -0.3 is 10.1 Å². The fraction of sp³-hybridized carbons (Fsp3) is 0.400. The van der Waals surface area contributed by atoms with Gasteiger partial charge in [-0.15, -0.1) is 0 Å². The third-order valence-corrected chi connectivity index (χ3v) is 3.58. The molecule has 0 bridgehead atoms. The van der Waals surface area contributed by atoms with E-state index in [1.165, 1.54) is 12.1 Å². The summed E-state index contributed by atoms with van der Waals surface area (Å²) in [6, 6.07) is 7.54. The molecule has 1 aromatic heterocycles. The Balaban J connectivity index is 1.53. The standard InChI is InChI=1S/C15H16F3N3O/c16-15(17,18)12-3-1-2-11(8-12)4-6-19-14-5-7-21(20-14)13-9-22-10-13/h1-3,5,7-8,13H,4,6,9-10H2,(H,19,20). The summed E-state index contributed by atoms with van der Waals surface area (Å²) in [7, 11) is 0. The topological polar surface area (TPSA) is 39.1 Å². The zero-order valence-electron chi connectivity index (χ0n) is 11.8. The summed E-state index contributed by atoms with van der Waals surface area (Å²) >= 11 is 0. The van der Waals surface area contributed by atoms with Crippen LogP contribution in [-0.4, -0.2) is 29.5 Å². The maximum atomic E-state index is 12.6. The molecule has 1 saturated heterocycles. The summed E-state index contributed by atoms with van der Waals surface area (Å²) in [5.41, 5.74) is 0.0356. The van der Waals surface area contributed by atoms with E-state index in [1.54, 1.807) is 6.07 Å². The van der Waals surface area contributed by atoms with Crippen molar-refractivity contribution in [2.75, 3.05) is 25.1 Å². The Morgan fingerprint density at radius 3 is 2.77 bits per heavy atom. The van der Waals surface area contributed by atoms with Crippen LogP contribution in [0.25, 0.3) is 0 Å². The highest BCUT2D eigenvalue weighted by molar-refractivity contribution is 5.33. The van der Waals surface area contributed by atoms with Crippen LogP contribution in [-0.2, 0) is 17.3 Å². The summed E-state index contributed by atoms with van der Waals surface area (Å²) in [6.45, 7) is 1.87. The highest BCUT2D eigenvalue weighted by atomic mass is 19.4. The molecule has 118 valence electrons. The minimum absolute atomic E-state index is 0.291. The second-order valence-electron chi connectivity index (χ2n) is 5.25. The first kappa shape index (κ1) is 14.9. The Labute approximate surface area is 125 Å². The van der Waals surface area contributed by atoms with Gasteiger partial charge in [-0.05, 0) is 18.1 Å². The monoisotopic (exact) mass is 311 g/mol. The average Bonchev–Trinajstić information content (AvgIpc) is 2.84. The van der Waals surface area contributed by atoms with Crippen LogP contribution < -0.4 is 5.32 Å². The van der Waals surface area contributed by atoms with Crippen molar-refractivity contribution in [2.24, 2.45) is 0 Å². The molecule has 0 amide bonds. The van der Waals surface area contributed by atoms with Crippen molar-refractivity contribution >= 4 is 5.82 Å².